The van der Waals surface area contributed by atoms with Crippen molar-refractivity contribution in [3.63, 3.8) is 0 Å². The maximum absolute atomic E-state index is 11.9. The molecule has 2 aromatic carbocycles. The van der Waals surface area contributed by atoms with Crippen LogP contribution in [0.15, 0.2) is 42.5 Å². The molecule has 1 aliphatic rings. The Morgan fingerprint density at radius 2 is 1.73 bits per heavy atom. The first-order valence-electron chi connectivity index (χ1n) is 8.19. The van der Waals surface area contributed by atoms with Gasteiger partial charge in [-0.1, -0.05) is 24.3 Å². The van der Waals surface area contributed by atoms with Gasteiger partial charge in [0.15, 0.2) is 11.5 Å². The average molecular weight is 356 g/mol. The number of carbonyl (C=O) groups excluding carboxylic acids is 2. The Balaban J connectivity index is 1.43. The van der Waals surface area contributed by atoms with Crippen molar-refractivity contribution in [2.24, 2.45) is 0 Å². The topological polar surface area (TPSA) is 85.9 Å². The fraction of sp³-hybridized carbons (Fsp3) is 0.263. The van der Waals surface area contributed by atoms with Gasteiger partial charge in [0.1, 0.15) is 12.2 Å². The molecule has 0 atom stereocenters. The predicted molar refractivity (Wildman–Crippen MR) is 93.9 cm³/mol. The maximum Gasteiger partial charge on any atom is 0.231 e. The van der Waals surface area contributed by atoms with Crippen molar-refractivity contribution in [1.29, 1.82) is 0 Å². The molecule has 7 nitrogen and oxygen atoms in total. The molecule has 0 spiro atoms. The number of fused-ring (bicyclic) bond motifs is 1. The van der Waals surface area contributed by atoms with Crippen molar-refractivity contribution in [2.75, 3.05) is 13.9 Å². The normalized spacial score (nSPS) is 11.7. The van der Waals surface area contributed by atoms with Crippen molar-refractivity contribution in [3.05, 3.63) is 53.6 Å². The van der Waals surface area contributed by atoms with E-state index in [2.05, 4.69) is 10.6 Å². The summed E-state index contributed by atoms with van der Waals surface area (Å²) in [6.07, 6.45) is -0.236. The number of amides is 2. The lowest BCUT2D eigenvalue weighted by Gasteiger charge is -2.10. The summed E-state index contributed by atoms with van der Waals surface area (Å²) in [5.74, 6) is 1.35. The summed E-state index contributed by atoms with van der Waals surface area (Å²) >= 11 is 0. The van der Waals surface area contributed by atoms with Crippen LogP contribution in [0.1, 0.15) is 17.5 Å². The summed E-state index contributed by atoms with van der Waals surface area (Å²) < 4.78 is 15.8. The lowest BCUT2D eigenvalue weighted by atomic mass is 10.2. The highest BCUT2D eigenvalue weighted by Gasteiger charge is 2.14. The van der Waals surface area contributed by atoms with E-state index in [9.17, 15) is 9.59 Å². The molecular weight excluding hydrogens is 336 g/mol. The molecule has 0 aromatic heterocycles. The van der Waals surface area contributed by atoms with Crippen molar-refractivity contribution in [2.45, 2.75) is 19.5 Å². The van der Waals surface area contributed by atoms with Crippen LogP contribution in [0.25, 0.3) is 0 Å². The second-order valence-electron chi connectivity index (χ2n) is 5.73. The Morgan fingerprint density at radius 1 is 1.00 bits per heavy atom. The summed E-state index contributed by atoms with van der Waals surface area (Å²) in [4.78, 5) is 23.9. The lowest BCUT2D eigenvalue weighted by Crippen LogP contribution is -2.31. The van der Waals surface area contributed by atoms with E-state index in [0.29, 0.717) is 30.3 Å². The third-order valence-electron chi connectivity index (χ3n) is 3.92. The number of ether oxygens (including phenoxy) is 3. The number of carbonyl (C=O) groups is 2. The van der Waals surface area contributed by atoms with Gasteiger partial charge < -0.3 is 24.8 Å². The van der Waals surface area contributed by atoms with Crippen LogP contribution in [-0.2, 0) is 22.7 Å². The fourth-order valence-electron chi connectivity index (χ4n) is 2.57. The monoisotopic (exact) mass is 356 g/mol. The first-order chi connectivity index (χ1) is 12.7. The molecule has 26 heavy (non-hydrogen) atoms. The second-order valence-corrected chi connectivity index (χ2v) is 5.73. The first kappa shape index (κ1) is 17.6. The molecule has 0 saturated carbocycles. The highest BCUT2D eigenvalue weighted by molar-refractivity contribution is 5.96. The minimum absolute atomic E-state index is 0.206. The number of para-hydroxylation sites is 1. The van der Waals surface area contributed by atoms with Crippen molar-refractivity contribution in [1.82, 2.24) is 10.6 Å². The molecule has 0 saturated heterocycles. The Hall–Kier alpha value is -3.22. The molecule has 2 N–H and O–H groups in total. The third kappa shape index (κ3) is 4.44. The van der Waals surface area contributed by atoms with Crippen LogP contribution >= 0.6 is 0 Å². The lowest BCUT2D eigenvalue weighted by molar-refractivity contribution is -0.129. The van der Waals surface area contributed by atoms with Gasteiger partial charge in [0.2, 0.25) is 18.6 Å². The van der Waals surface area contributed by atoms with Crippen molar-refractivity contribution < 1.29 is 23.8 Å². The van der Waals surface area contributed by atoms with Gasteiger partial charge in [-0.25, -0.2) is 0 Å². The number of hydrogen-bond donors (Lipinski definition) is 2. The molecule has 7 heteroatoms. The number of benzene rings is 2. The van der Waals surface area contributed by atoms with Crippen LogP contribution < -0.4 is 24.8 Å². The molecular formula is C19H20N2O5. The molecule has 0 fully saturated rings. The first-order valence-corrected chi connectivity index (χ1v) is 8.19. The van der Waals surface area contributed by atoms with E-state index < -0.39 is 0 Å². The van der Waals surface area contributed by atoms with Crippen LogP contribution in [0.5, 0.6) is 17.2 Å². The van der Waals surface area contributed by atoms with Crippen LogP contribution in [0.4, 0.5) is 0 Å². The summed E-state index contributed by atoms with van der Waals surface area (Å²) in [7, 11) is 1.57. The van der Waals surface area contributed by atoms with E-state index >= 15 is 0 Å². The van der Waals surface area contributed by atoms with E-state index in [1.165, 1.54) is 0 Å². The zero-order valence-corrected chi connectivity index (χ0v) is 14.4. The number of methoxy groups -OCH3 is 1. The Morgan fingerprint density at radius 3 is 2.54 bits per heavy atom. The molecule has 0 unspecified atom stereocenters. The maximum atomic E-state index is 11.9. The zero-order valence-electron chi connectivity index (χ0n) is 14.4. The summed E-state index contributed by atoms with van der Waals surface area (Å²) in [6, 6.07) is 12.8. The molecule has 1 aliphatic heterocycles. The molecule has 1 heterocycles. The Bertz CT molecular complexity index is 806. The zero-order chi connectivity index (χ0) is 18.4. The van der Waals surface area contributed by atoms with Crippen molar-refractivity contribution >= 4 is 11.8 Å². The SMILES string of the molecule is COc1ccccc1CNC(=O)CC(=O)NCc1ccc2c(c1)OCO2. The van der Waals surface area contributed by atoms with E-state index in [1.54, 1.807) is 13.2 Å². The molecule has 0 aliphatic carbocycles. The van der Waals surface area contributed by atoms with E-state index in [4.69, 9.17) is 14.2 Å². The molecule has 136 valence electrons. The Kier molecular flexibility index (Phi) is 5.58. The van der Waals surface area contributed by atoms with Crippen LogP contribution in [0, 0.1) is 0 Å². The highest BCUT2D eigenvalue weighted by atomic mass is 16.7. The molecule has 3 rings (SSSR count). The number of rotatable bonds is 7. The van der Waals surface area contributed by atoms with Gasteiger partial charge in [-0.05, 0) is 23.8 Å². The van der Waals surface area contributed by atoms with E-state index in [0.717, 1.165) is 11.1 Å². The summed E-state index contributed by atoms with van der Waals surface area (Å²) in [5.41, 5.74) is 1.72. The molecule has 0 radical (unpaired) electrons. The largest absolute Gasteiger partial charge is 0.496 e. The standard InChI is InChI=1S/C19H20N2O5/c1-24-15-5-3-2-4-14(15)11-21-19(23)9-18(22)20-10-13-6-7-16-17(8-13)26-12-25-16/h2-8H,9-12H2,1H3,(H,20,22)(H,21,23). The quantitative estimate of drug-likeness (QED) is 0.738. The number of nitrogens with one attached hydrogen (secondary N) is 2. The number of hydrogen-bond acceptors (Lipinski definition) is 5. The molecule has 2 amide bonds. The van der Waals surface area contributed by atoms with Gasteiger partial charge in [0, 0.05) is 18.7 Å². The minimum atomic E-state index is -0.348. The molecule has 2 aromatic rings. The van der Waals surface area contributed by atoms with Gasteiger partial charge in [0.25, 0.3) is 0 Å². The minimum Gasteiger partial charge on any atom is -0.496 e. The van der Waals surface area contributed by atoms with Gasteiger partial charge >= 0.3 is 0 Å². The molecule has 0 bridgehead atoms. The van der Waals surface area contributed by atoms with E-state index in [-0.39, 0.29) is 25.0 Å². The van der Waals surface area contributed by atoms with Gasteiger partial charge in [-0.15, -0.1) is 0 Å². The second kappa shape index (κ2) is 8.24. The Labute approximate surface area is 151 Å². The van der Waals surface area contributed by atoms with Crippen LogP contribution in [0.2, 0.25) is 0 Å². The average Bonchev–Trinajstić information content (AvgIpc) is 3.12. The fourth-order valence-corrected chi connectivity index (χ4v) is 2.57. The van der Waals surface area contributed by atoms with Gasteiger partial charge in [-0.3, -0.25) is 9.59 Å². The van der Waals surface area contributed by atoms with Gasteiger partial charge in [0.05, 0.1) is 7.11 Å². The van der Waals surface area contributed by atoms with E-state index in [1.807, 2.05) is 36.4 Å². The highest BCUT2D eigenvalue weighted by Crippen LogP contribution is 2.32. The summed E-state index contributed by atoms with van der Waals surface area (Å²) in [6.45, 7) is 0.824. The third-order valence-corrected chi connectivity index (χ3v) is 3.92. The summed E-state index contributed by atoms with van der Waals surface area (Å²) in [5, 5.41) is 5.44. The predicted octanol–water partition coefficient (Wildman–Crippen LogP) is 1.75. The smallest absolute Gasteiger partial charge is 0.231 e. The van der Waals surface area contributed by atoms with Crippen molar-refractivity contribution in [3.8, 4) is 17.2 Å². The van der Waals surface area contributed by atoms with Crippen LogP contribution in [0.3, 0.4) is 0 Å². The van der Waals surface area contributed by atoms with Crippen LogP contribution in [-0.4, -0.2) is 25.7 Å². The van der Waals surface area contributed by atoms with Gasteiger partial charge in [-0.2, -0.15) is 0 Å².